The lowest BCUT2D eigenvalue weighted by molar-refractivity contribution is 0.590. The molecule has 12 rings (SSSR count). The van der Waals surface area contributed by atoms with Gasteiger partial charge in [0.05, 0.1) is 0 Å². The molecule has 0 aliphatic heterocycles. The lowest BCUT2D eigenvalue weighted by atomic mass is 9.87. The Morgan fingerprint density at radius 2 is 0.530 bits per heavy atom. The molecule has 0 saturated heterocycles. The largest absolute Gasteiger partial charge is 0.0622 e. The molecule has 422 valence electrons. The van der Waals surface area contributed by atoms with E-state index in [1.54, 1.807) is 0 Å². The Hall–Kier alpha value is -8.84. The molecule has 0 nitrogen and oxygen atoms in total. The highest BCUT2D eigenvalue weighted by atomic mass is 14.2. The standard InChI is InChI=1S/2C13H12.2C11H10.C11H16.C9H12.C8H10.C7H8/c1-11-6-5-9-13(10-11)12-7-3-2-4-8-12;1-11-7-9-13(10-8-11)12-5-3-2-4-6-12;1-9-5-4-7-10-6-2-3-8-11(9)10;1-9-6-7-10-4-2-3-5-11(10)8-9;1-9-5-7-10(8-6-9)11(2,3)4;1-7-5-4-6-8(2)9(7)3;1-7-3-5-8(2)6-4-7;1-7-5-3-2-4-6-7/h2*2-10H,1H3;2*2-8H,1H3;5-8H,1-4H3;4-6H,1-3H3;3-6H,1-2H3;2-6H,1H3. The van der Waals surface area contributed by atoms with Gasteiger partial charge in [-0.05, 0) is 153 Å². The Morgan fingerprint density at radius 3 is 1.00 bits per heavy atom. The molecule has 0 aromatic heterocycles. The fourth-order valence-corrected chi connectivity index (χ4v) is 8.65. The van der Waals surface area contributed by atoms with Crippen LogP contribution in [0.25, 0.3) is 43.8 Å². The van der Waals surface area contributed by atoms with Crippen molar-refractivity contribution in [1.29, 1.82) is 0 Å². The van der Waals surface area contributed by atoms with Crippen molar-refractivity contribution in [2.75, 3.05) is 0 Å². The molecule has 12 aromatic carbocycles. The number of benzene rings is 12. The Balaban J connectivity index is 0.000000175. The molecule has 0 heterocycles. The van der Waals surface area contributed by atoms with Gasteiger partial charge in [-0.15, -0.1) is 0 Å². The van der Waals surface area contributed by atoms with Crippen molar-refractivity contribution in [3.63, 3.8) is 0 Å². The highest BCUT2D eigenvalue weighted by molar-refractivity contribution is 5.85. The van der Waals surface area contributed by atoms with Crippen LogP contribution in [-0.4, -0.2) is 0 Å². The third-order valence-corrected chi connectivity index (χ3v) is 14.1. The fourth-order valence-electron chi connectivity index (χ4n) is 8.65. The number of fused-ring (bicyclic) bond motifs is 2. The lowest BCUT2D eigenvalue weighted by Gasteiger charge is -2.18. The first-order valence-corrected chi connectivity index (χ1v) is 29.1. The zero-order valence-electron chi connectivity index (χ0n) is 52.2. The van der Waals surface area contributed by atoms with E-state index in [0.717, 1.165) is 0 Å². The van der Waals surface area contributed by atoms with E-state index in [-0.39, 0.29) is 5.41 Å². The van der Waals surface area contributed by atoms with E-state index in [1.807, 2.05) is 30.3 Å². The lowest BCUT2D eigenvalue weighted by Crippen LogP contribution is -2.10. The molecular formula is C83H90. The first-order chi connectivity index (χ1) is 39.9. The molecule has 0 fully saturated rings. The molecule has 0 aliphatic carbocycles. The minimum absolute atomic E-state index is 0.285. The normalized spacial score (nSPS) is 10.0. The maximum Gasteiger partial charge on any atom is -0.0132 e. The van der Waals surface area contributed by atoms with Gasteiger partial charge in [-0.1, -0.05) is 351 Å². The van der Waals surface area contributed by atoms with Gasteiger partial charge in [-0.3, -0.25) is 0 Å². The summed E-state index contributed by atoms with van der Waals surface area (Å²) in [5.41, 5.74) is 21.6. The molecule has 0 radical (unpaired) electrons. The Labute approximate surface area is 501 Å². The van der Waals surface area contributed by atoms with Gasteiger partial charge >= 0.3 is 0 Å². The summed E-state index contributed by atoms with van der Waals surface area (Å²) in [5, 5.41) is 5.33. The monoisotopic (exact) mass is 1090 g/mol. The molecule has 0 heteroatoms. The second kappa shape index (κ2) is 34.4. The smallest absolute Gasteiger partial charge is 0.0132 e. The van der Waals surface area contributed by atoms with Crippen molar-refractivity contribution in [1.82, 2.24) is 0 Å². The van der Waals surface area contributed by atoms with Gasteiger partial charge in [0.15, 0.2) is 0 Å². The number of aryl methyl sites for hydroxylation is 10. The summed E-state index contributed by atoms with van der Waals surface area (Å²) in [6.07, 6.45) is 0. The number of hydrogen-bond acceptors (Lipinski definition) is 0. The highest BCUT2D eigenvalue weighted by Gasteiger charge is 2.12. The molecular weight excluding hydrogens is 997 g/mol. The van der Waals surface area contributed by atoms with Crippen LogP contribution < -0.4 is 0 Å². The summed E-state index contributed by atoms with van der Waals surface area (Å²) in [4.78, 5) is 0. The zero-order valence-corrected chi connectivity index (χ0v) is 52.2. The summed E-state index contributed by atoms with van der Waals surface area (Å²) in [6, 6.07) is 102. The van der Waals surface area contributed by atoms with Crippen LogP contribution in [0.1, 0.15) is 87.5 Å². The van der Waals surface area contributed by atoms with Gasteiger partial charge < -0.3 is 0 Å². The topological polar surface area (TPSA) is 0 Å². The molecule has 0 N–H and O–H groups in total. The molecule has 0 bridgehead atoms. The molecule has 0 amide bonds. The third kappa shape index (κ3) is 24.0. The van der Waals surface area contributed by atoms with Crippen LogP contribution in [0.15, 0.2) is 291 Å². The van der Waals surface area contributed by atoms with Crippen molar-refractivity contribution in [3.05, 3.63) is 358 Å². The van der Waals surface area contributed by atoms with Crippen LogP contribution in [0.5, 0.6) is 0 Å². The summed E-state index contributed by atoms with van der Waals surface area (Å²) < 4.78 is 0. The first kappa shape index (κ1) is 65.0. The molecule has 0 aliphatic rings. The molecule has 0 atom stereocenters. The maximum atomic E-state index is 2.23. The highest BCUT2D eigenvalue weighted by Crippen LogP contribution is 2.23. The third-order valence-electron chi connectivity index (χ3n) is 14.1. The minimum atomic E-state index is 0.285. The van der Waals surface area contributed by atoms with Crippen LogP contribution in [0.4, 0.5) is 0 Å². The van der Waals surface area contributed by atoms with E-state index in [4.69, 9.17) is 0 Å². The molecule has 0 spiro atoms. The Bertz CT molecular complexity index is 3660. The number of rotatable bonds is 2. The van der Waals surface area contributed by atoms with Crippen LogP contribution in [-0.2, 0) is 5.41 Å². The molecule has 0 unspecified atom stereocenters. The molecule has 83 heavy (non-hydrogen) atoms. The van der Waals surface area contributed by atoms with Gasteiger partial charge in [0.2, 0.25) is 0 Å². The summed E-state index contributed by atoms with van der Waals surface area (Å²) >= 11 is 0. The predicted octanol–water partition coefficient (Wildman–Crippen LogP) is 23.8. The average molecular weight is 1090 g/mol. The van der Waals surface area contributed by atoms with E-state index in [1.165, 1.54) is 111 Å². The zero-order chi connectivity index (χ0) is 60.0. The van der Waals surface area contributed by atoms with E-state index < -0.39 is 0 Å². The fraction of sp³-hybridized carbons (Fsp3) is 0.181. The van der Waals surface area contributed by atoms with Crippen LogP contribution >= 0.6 is 0 Å². The van der Waals surface area contributed by atoms with Gasteiger partial charge in [0.1, 0.15) is 0 Å². The maximum absolute atomic E-state index is 2.23. The average Bonchev–Trinajstić information content (AvgIpc) is 3.58. The molecule has 0 saturated carbocycles. The Morgan fingerprint density at radius 1 is 0.205 bits per heavy atom. The van der Waals surface area contributed by atoms with Crippen molar-refractivity contribution in [2.24, 2.45) is 0 Å². The number of hydrogen-bond donors (Lipinski definition) is 0. The SMILES string of the molecule is Cc1ccc(-c2ccccc2)cc1.Cc1ccc(C(C)(C)C)cc1.Cc1ccc(C)cc1.Cc1ccc2ccccc2c1.Cc1cccc(-c2ccccc2)c1.Cc1cccc(C)c1C.Cc1cccc2ccccc12.Cc1ccccc1. The van der Waals surface area contributed by atoms with Gasteiger partial charge in [0.25, 0.3) is 0 Å². The van der Waals surface area contributed by atoms with Crippen molar-refractivity contribution >= 4 is 21.5 Å². The van der Waals surface area contributed by atoms with Crippen molar-refractivity contribution in [2.45, 2.75) is 102 Å². The second-order valence-corrected chi connectivity index (χ2v) is 22.6. The van der Waals surface area contributed by atoms with E-state index >= 15 is 0 Å². The van der Waals surface area contributed by atoms with E-state index in [2.05, 4.69) is 358 Å². The summed E-state index contributed by atoms with van der Waals surface area (Å²) in [6.45, 7) is 30.0. The minimum Gasteiger partial charge on any atom is -0.0622 e. The Kier molecular flexibility index (Phi) is 27.0. The van der Waals surface area contributed by atoms with Crippen molar-refractivity contribution in [3.8, 4) is 22.3 Å². The predicted molar refractivity (Wildman–Crippen MR) is 368 cm³/mol. The van der Waals surface area contributed by atoms with Crippen LogP contribution in [0, 0.1) is 76.2 Å². The molecule has 12 aromatic rings. The van der Waals surface area contributed by atoms with Crippen LogP contribution in [0.2, 0.25) is 0 Å². The summed E-state index contributed by atoms with van der Waals surface area (Å²) in [5.74, 6) is 0. The second-order valence-electron chi connectivity index (χ2n) is 22.6. The van der Waals surface area contributed by atoms with E-state index in [9.17, 15) is 0 Å². The van der Waals surface area contributed by atoms with Gasteiger partial charge in [-0.2, -0.15) is 0 Å². The first-order valence-electron chi connectivity index (χ1n) is 29.1. The van der Waals surface area contributed by atoms with Crippen LogP contribution in [0.3, 0.4) is 0 Å². The van der Waals surface area contributed by atoms with E-state index in [0.29, 0.717) is 0 Å². The van der Waals surface area contributed by atoms with Gasteiger partial charge in [0, 0.05) is 0 Å². The summed E-state index contributed by atoms with van der Waals surface area (Å²) in [7, 11) is 0. The van der Waals surface area contributed by atoms with Gasteiger partial charge in [-0.25, -0.2) is 0 Å². The van der Waals surface area contributed by atoms with Crippen molar-refractivity contribution < 1.29 is 0 Å². The quantitative estimate of drug-likeness (QED) is 0.162.